The third-order valence-corrected chi connectivity index (χ3v) is 23.1. The summed E-state index contributed by atoms with van der Waals surface area (Å²) in [7, 11) is 0. The van der Waals surface area contributed by atoms with Crippen LogP contribution in [0.2, 0.25) is 0 Å². The van der Waals surface area contributed by atoms with Gasteiger partial charge in [0.1, 0.15) is 11.4 Å². The zero-order valence-electron chi connectivity index (χ0n) is 56.1. The monoisotopic (exact) mass is 1250 g/mol. The Balaban J connectivity index is 0.997. The van der Waals surface area contributed by atoms with Gasteiger partial charge in [0.2, 0.25) is 0 Å². The van der Waals surface area contributed by atoms with Crippen molar-refractivity contribution in [3.63, 3.8) is 0 Å². The highest BCUT2D eigenvalue weighted by Gasteiger charge is 2.44. The fourth-order valence-corrected chi connectivity index (χ4v) is 18.4. The van der Waals surface area contributed by atoms with Crippen LogP contribution in [0.15, 0.2) is 118 Å². The second-order valence-electron chi connectivity index (χ2n) is 27.5. The third kappa shape index (κ3) is 12.5. The molecule has 5 aliphatic rings. The number of aryl methyl sites for hydroxylation is 2. The second-order valence-corrected chi connectivity index (χ2v) is 29.3. The normalized spacial score (nSPS) is 14.2. The van der Waals surface area contributed by atoms with Crippen LogP contribution in [0.25, 0.3) is 101 Å². The molecule has 0 fully saturated rings. The molecule has 8 heteroatoms. The SMILES string of the molecule is CCCCCCCCC1(CCCCCCCC)c2ccccc2-c2ccc(-c3c4nc(c(-c5sc(C)c6c5N=S=N6)c5ccc([nH]5)c(-c5ccc6c(c5)C(CCCCCCCC)(CCCCCCCC)c5ccccc5-6)c5nc(c(C)c6ccc3[nH]6)C=C5)C=C4)cc21. The number of thiophene rings is 1. The van der Waals surface area contributed by atoms with E-state index in [9.17, 15) is 0 Å². The standard InChI is InChI=1S/C84H98N6S2/c1-7-11-15-19-23-31-51-83(52-32-24-20-16-12-8-2)65-37-29-27-35-61(65)63-41-39-59(55-67(63)83)77-71-45-43-69(85-71)57(5)70-44-46-72(86-70)78(74-48-50-76(88-74)79(75-49-47-73(77)87-75)82-81-80(58(6)91-82)89-92-90-81)60-40-42-64-62-36-28-30-38-66(62)84(68(64)56-60,53-33-25-21-17-13-9-3)54-34-26-22-18-14-10-4/h27-30,35-50,55-56,85,88H,7-26,31-34,51-54H2,1-6H3. The van der Waals surface area contributed by atoms with E-state index in [-0.39, 0.29) is 10.8 Å². The summed E-state index contributed by atoms with van der Waals surface area (Å²) in [6.07, 6.45) is 44.7. The number of hydrogen-bond donors (Lipinski definition) is 2. The summed E-state index contributed by atoms with van der Waals surface area (Å²) in [6.45, 7) is 13.7. The summed E-state index contributed by atoms with van der Waals surface area (Å²) in [5.41, 5.74) is 28.2. The van der Waals surface area contributed by atoms with Crippen LogP contribution in [0.3, 0.4) is 0 Å². The van der Waals surface area contributed by atoms with Gasteiger partial charge in [0.05, 0.1) is 39.0 Å². The van der Waals surface area contributed by atoms with Crippen molar-refractivity contribution in [3.8, 4) is 54.9 Å². The Morgan fingerprint density at radius 2 is 0.728 bits per heavy atom. The summed E-state index contributed by atoms with van der Waals surface area (Å²) >= 11 is 3.08. The molecule has 0 amide bonds. The van der Waals surface area contributed by atoms with Crippen molar-refractivity contribution >= 4 is 80.4 Å². The first-order valence-electron chi connectivity index (χ1n) is 36.1. The number of nitrogens with one attached hydrogen (secondary N) is 2. The number of hydrogen-bond acceptors (Lipinski definition) is 5. The number of unbranched alkanes of at least 4 members (excludes halogenated alkanes) is 20. The predicted molar refractivity (Wildman–Crippen MR) is 398 cm³/mol. The summed E-state index contributed by atoms with van der Waals surface area (Å²) in [5.74, 6) is 0. The average molecular weight is 1260 g/mol. The Labute approximate surface area is 557 Å². The summed E-state index contributed by atoms with van der Waals surface area (Å²) in [6, 6.07) is 42.9. The zero-order chi connectivity index (χ0) is 63.0. The van der Waals surface area contributed by atoms with Crippen LogP contribution in [0, 0.1) is 13.8 Å². The van der Waals surface area contributed by atoms with Gasteiger partial charge in [-0.2, -0.15) is 8.73 Å². The lowest BCUT2D eigenvalue weighted by atomic mass is 9.70. The molecule has 0 unspecified atom stereocenters. The quantitative estimate of drug-likeness (QED) is 0.0425. The van der Waals surface area contributed by atoms with Crippen LogP contribution >= 0.6 is 11.3 Å². The number of aromatic nitrogens is 4. The fraction of sp³-hybridized carbons (Fsp3) is 0.429. The van der Waals surface area contributed by atoms with Gasteiger partial charge < -0.3 is 9.97 Å². The molecule has 8 bridgehead atoms. The predicted octanol–water partition coefficient (Wildman–Crippen LogP) is 26.6. The first-order chi connectivity index (χ1) is 45.3. The minimum absolute atomic E-state index is 0.0610. The molecule has 3 aliphatic heterocycles. The van der Waals surface area contributed by atoms with Gasteiger partial charge in [0, 0.05) is 54.5 Å². The first kappa shape index (κ1) is 63.7. The molecule has 2 aliphatic carbocycles. The molecule has 0 saturated heterocycles. The molecular formula is C84H98N6S2. The second kappa shape index (κ2) is 29.1. The van der Waals surface area contributed by atoms with Crippen LogP contribution in [-0.2, 0) is 22.2 Å². The van der Waals surface area contributed by atoms with E-state index < -0.39 is 0 Å². The first-order valence-corrected chi connectivity index (χ1v) is 37.7. The minimum Gasteiger partial charge on any atom is -0.355 e. The molecular weight excluding hydrogens is 1160 g/mol. The molecule has 0 atom stereocenters. The van der Waals surface area contributed by atoms with Crippen molar-refractivity contribution in [3.05, 3.63) is 165 Å². The van der Waals surface area contributed by atoms with E-state index in [1.54, 1.807) is 11.3 Å². The van der Waals surface area contributed by atoms with Gasteiger partial charge in [0.25, 0.3) is 0 Å². The molecule has 4 aromatic heterocycles. The zero-order valence-corrected chi connectivity index (χ0v) is 57.7. The highest BCUT2D eigenvalue weighted by Crippen LogP contribution is 2.58. The molecule has 0 spiro atoms. The highest BCUT2D eigenvalue weighted by molar-refractivity contribution is 7.58. The Morgan fingerprint density at radius 1 is 0.359 bits per heavy atom. The number of rotatable bonds is 31. The van der Waals surface area contributed by atoms with E-state index in [1.165, 1.54) is 247 Å². The van der Waals surface area contributed by atoms with E-state index in [4.69, 9.17) is 18.7 Å². The van der Waals surface area contributed by atoms with Gasteiger partial charge in [-0.25, -0.2) is 9.97 Å². The van der Waals surface area contributed by atoms with E-state index in [2.05, 4.69) is 185 Å². The maximum absolute atomic E-state index is 5.86. The minimum atomic E-state index is -0.0610. The van der Waals surface area contributed by atoms with Crippen molar-refractivity contribution in [1.82, 2.24) is 19.9 Å². The Morgan fingerprint density at radius 3 is 1.21 bits per heavy atom. The van der Waals surface area contributed by atoms with Gasteiger partial charge in [0.15, 0.2) is 0 Å². The fourth-order valence-electron chi connectivity index (χ4n) is 16.6. The van der Waals surface area contributed by atoms with E-state index in [0.717, 1.165) is 88.2 Å². The van der Waals surface area contributed by atoms with Crippen molar-refractivity contribution < 1.29 is 0 Å². The van der Waals surface area contributed by atoms with Crippen molar-refractivity contribution in [2.75, 3.05) is 0 Å². The molecule has 7 heterocycles. The van der Waals surface area contributed by atoms with Crippen LogP contribution in [0.1, 0.15) is 263 Å². The Bertz CT molecular complexity index is 4120. The summed E-state index contributed by atoms with van der Waals surface area (Å²) < 4.78 is 9.90. The van der Waals surface area contributed by atoms with Crippen LogP contribution in [0.5, 0.6) is 0 Å². The van der Waals surface area contributed by atoms with Crippen molar-refractivity contribution in [1.29, 1.82) is 0 Å². The van der Waals surface area contributed by atoms with Crippen LogP contribution in [0.4, 0.5) is 11.4 Å². The molecule has 476 valence electrons. The summed E-state index contributed by atoms with van der Waals surface area (Å²) in [4.78, 5) is 22.0. The topological polar surface area (TPSA) is 82.1 Å². The number of aromatic amines is 2. The Kier molecular flexibility index (Phi) is 20.2. The lowest BCUT2D eigenvalue weighted by molar-refractivity contribution is 0.398. The Hall–Kier alpha value is -7.00. The van der Waals surface area contributed by atoms with Crippen molar-refractivity contribution in [2.24, 2.45) is 8.73 Å². The van der Waals surface area contributed by atoms with E-state index >= 15 is 0 Å². The van der Waals surface area contributed by atoms with Gasteiger partial charge >= 0.3 is 0 Å². The molecule has 4 aromatic carbocycles. The van der Waals surface area contributed by atoms with Crippen LogP contribution < -0.4 is 0 Å². The molecule has 8 aromatic rings. The molecule has 6 nitrogen and oxygen atoms in total. The molecule has 0 saturated carbocycles. The van der Waals surface area contributed by atoms with Gasteiger partial charge in [-0.05, 0) is 161 Å². The van der Waals surface area contributed by atoms with Gasteiger partial charge in [-0.1, -0.05) is 255 Å². The average Bonchev–Trinajstić information content (AvgIpc) is 1.59. The molecule has 13 rings (SSSR count). The number of H-pyrrole nitrogens is 2. The molecule has 0 radical (unpaired) electrons. The largest absolute Gasteiger partial charge is 0.355 e. The van der Waals surface area contributed by atoms with E-state index in [0.29, 0.717) is 0 Å². The lowest BCUT2D eigenvalue weighted by Crippen LogP contribution is -2.25. The molecule has 92 heavy (non-hydrogen) atoms. The van der Waals surface area contributed by atoms with Gasteiger partial charge in [-0.3, -0.25) is 0 Å². The lowest BCUT2D eigenvalue weighted by Gasteiger charge is -2.33. The number of nitrogens with zero attached hydrogens (tertiary/aromatic N) is 4. The summed E-state index contributed by atoms with van der Waals surface area (Å²) in [5, 5.41) is 0. The number of fused-ring (bicyclic) bond motifs is 15. The van der Waals surface area contributed by atoms with Crippen molar-refractivity contribution in [2.45, 2.75) is 232 Å². The highest BCUT2D eigenvalue weighted by atomic mass is 32.1. The number of benzene rings is 4. The van der Waals surface area contributed by atoms with Crippen LogP contribution in [-0.4, -0.2) is 19.9 Å². The van der Waals surface area contributed by atoms with Gasteiger partial charge in [-0.15, -0.1) is 11.3 Å². The van der Waals surface area contributed by atoms with E-state index in [1.807, 2.05) is 0 Å². The smallest absolute Gasteiger partial charge is 0.123 e. The maximum Gasteiger partial charge on any atom is 0.123 e. The third-order valence-electron chi connectivity index (χ3n) is 21.5. The maximum atomic E-state index is 5.86. The molecule has 2 N–H and O–H groups in total.